The standard InChI is InChI=1S/C5H12I2N2/c6-1-2-8-3-4-9-5-7/h8-9H,1-5H2. The number of halogens is 2. The summed E-state index contributed by atoms with van der Waals surface area (Å²) in [6.07, 6.45) is 0. The fourth-order valence-electron chi connectivity index (χ4n) is 0.435. The Hall–Kier alpha value is 1.38. The largest absolute Gasteiger partial charge is 0.315 e. The third kappa shape index (κ3) is 9.38. The average molecular weight is 354 g/mol. The van der Waals surface area contributed by atoms with E-state index in [1.54, 1.807) is 0 Å². The van der Waals surface area contributed by atoms with Crippen LogP contribution in [-0.4, -0.2) is 28.6 Å². The molecule has 0 unspecified atom stereocenters. The van der Waals surface area contributed by atoms with Crippen LogP contribution in [0.25, 0.3) is 0 Å². The highest BCUT2D eigenvalue weighted by atomic mass is 127. The van der Waals surface area contributed by atoms with Gasteiger partial charge in [-0.1, -0.05) is 45.2 Å². The minimum absolute atomic E-state index is 1.05. The van der Waals surface area contributed by atoms with Crippen molar-refractivity contribution in [2.75, 3.05) is 28.6 Å². The zero-order valence-corrected chi connectivity index (χ0v) is 9.61. The Morgan fingerprint density at radius 1 is 0.889 bits per heavy atom. The lowest BCUT2D eigenvalue weighted by molar-refractivity contribution is 0.674. The molecule has 0 rings (SSSR count). The van der Waals surface area contributed by atoms with E-state index in [0.717, 1.165) is 24.2 Å². The Morgan fingerprint density at radius 2 is 1.56 bits per heavy atom. The highest BCUT2D eigenvalue weighted by molar-refractivity contribution is 14.1. The van der Waals surface area contributed by atoms with E-state index >= 15 is 0 Å². The van der Waals surface area contributed by atoms with Gasteiger partial charge < -0.3 is 10.6 Å². The molecule has 0 amide bonds. The molecule has 0 bridgehead atoms. The smallest absolute Gasteiger partial charge is 0.0480 e. The van der Waals surface area contributed by atoms with E-state index in [1.165, 1.54) is 4.43 Å². The van der Waals surface area contributed by atoms with Gasteiger partial charge in [0, 0.05) is 28.6 Å². The highest BCUT2D eigenvalue weighted by Gasteiger charge is 1.82. The molecule has 2 nitrogen and oxygen atoms in total. The van der Waals surface area contributed by atoms with Gasteiger partial charge in [-0.25, -0.2) is 0 Å². The summed E-state index contributed by atoms with van der Waals surface area (Å²) in [5, 5.41) is 6.53. The number of nitrogens with one attached hydrogen (secondary N) is 2. The maximum absolute atomic E-state index is 3.30. The van der Waals surface area contributed by atoms with Crippen LogP contribution in [0, 0.1) is 0 Å². The molecule has 9 heavy (non-hydrogen) atoms. The molecule has 0 aromatic rings. The molecular formula is C5H12I2N2. The first-order valence-electron chi connectivity index (χ1n) is 2.95. The first-order valence-corrected chi connectivity index (χ1v) is 6.00. The quantitative estimate of drug-likeness (QED) is 0.322. The average Bonchev–Trinajstić information content (AvgIpc) is 1.89. The van der Waals surface area contributed by atoms with E-state index in [4.69, 9.17) is 0 Å². The number of hydrogen-bond acceptors (Lipinski definition) is 2. The first-order chi connectivity index (χ1) is 4.41. The number of rotatable bonds is 6. The van der Waals surface area contributed by atoms with Crippen LogP contribution < -0.4 is 10.6 Å². The maximum atomic E-state index is 3.30. The molecule has 0 radical (unpaired) electrons. The van der Waals surface area contributed by atoms with Crippen LogP contribution in [0.1, 0.15) is 0 Å². The number of hydrogen-bond donors (Lipinski definition) is 2. The Labute approximate surface area is 83.8 Å². The molecule has 0 spiro atoms. The van der Waals surface area contributed by atoms with Crippen molar-refractivity contribution < 1.29 is 0 Å². The van der Waals surface area contributed by atoms with E-state index in [-0.39, 0.29) is 0 Å². The molecule has 0 aliphatic carbocycles. The molecule has 0 saturated carbocycles. The van der Waals surface area contributed by atoms with Crippen LogP contribution in [0.3, 0.4) is 0 Å². The monoisotopic (exact) mass is 354 g/mol. The molecule has 0 atom stereocenters. The van der Waals surface area contributed by atoms with Crippen LogP contribution in [0.4, 0.5) is 0 Å². The van der Waals surface area contributed by atoms with E-state index < -0.39 is 0 Å². The third-order valence-electron chi connectivity index (χ3n) is 0.844. The Kier molecular flexibility index (Phi) is 10.8. The Bertz CT molecular complexity index is 46.2. The summed E-state index contributed by atoms with van der Waals surface area (Å²) in [7, 11) is 0. The molecule has 0 saturated heterocycles. The second kappa shape index (κ2) is 9.38. The van der Waals surface area contributed by atoms with Gasteiger partial charge in [-0.15, -0.1) is 0 Å². The van der Waals surface area contributed by atoms with Crippen LogP contribution in [0.5, 0.6) is 0 Å². The van der Waals surface area contributed by atoms with Crippen LogP contribution in [-0.2, 0) is 0 Å². The van der Waals surface area contributed by atoms with E-state index in [9.17, 15) is 0 Å². The maximum Gasteiger partial charge on any atom is 0.0480 e. The van der Waals surface area contributed by atoms with Crippen molar-refractivity contribution in [2.24, 2.45) is 0 Å². The summed E-state index contributed by atoms with van der Waals surface area (Å²) in [5.74, 6) is 0. The molecule has 0 fully saturated rings. The van der Waals surface area contributed by atoms with Gasteiger partial charge in [-0.3, -0.25) is 0 Å². The fraction of sp³-hybridized carbons (Fsp3) is 1.00. The lowest BCUT2D eigenvalue weighted by atomic mass is 10.6. The number of alkyl halides is 2. The minimum Gasteiger partial charge on any atom is -0.315 e. The van der Waals surface area contributed by atoms with E-state index in [2.05, 4.69) is 55.8 Å². The molecule has 0 aliphatic heterocycles. The lowest BCUT2D eigenvalue weighted by Crippen LogP contribution is -2.27. The van der Waals surface area contributed by atoms with Gasteiger partial charge >= 0.3 is 0 Å². The van der Waals surface area contributed by atoms with Crippen molar-refractivity contribution in [1.82, 2.24) is 10.6 Å². The third-order valence-corrected chi connectivity index (χ3v) is 1.92. The van der Waals surface area contributed by atoms with Crippen LogP contribution >= 0.6 is 45.2 Å². The van der Waals surface area contributed by atoms with Crippen LogP contribution in [0.2, 0.25) is 0 Å². The van der Waals surface area contributed by atoms with Gasteiger partial charge in [0.1, 0.15) is 0 Å². The molecule has 0 heterocycles. The lowest BCUT2D eigenvalue weighted by Gasteiger charge is -2.00. The normalized spacial score (nSPS) is 10.0. The second-order valence-corrected chi connectivity index (χ2v) is 3.41. The Balaban J connectivity index is 2.60. The van der Waals surface area contributed by atoms with Gasteiger partial charge in [0.05, 0.1) is 0 Å². The van der Waals surface area contributed by atoms with Crippen molar-refractivity contribution in [3.8, 4) is 0 Å². The summed E-state index contributed by atoms with van der Waals surface area (Å²) in [5.41, 5.74) is 0. The van der Waals surface area contributed by atoms with Gasteiger partial charge in [-0.2, -0.15) is 0 Å². The van der Waals surface area contributed by atoms with Crippen molar-refractivity contribution in [3.63, 3.8) is 0 Å². The molecule has 56 valence electrons. The molecule has 0 aliphatic rings. The van der Waals surface area contributed by atoms with Crippen molar-refractivity contribution >= 4 is 45.2 Å². The first kappa shape index (κ1) is 10.4. The molecular weight excluding hydrogens is 342 g/mol. The van der Waals surface area contributed by atoms with Crippen molar-refractivity contribution in [3.05, 3.63) is 0 Å². The Morgan fingerprint density at radius 3 is 2.11 bits per heavy atom. The van der Waals surface area contributed by atoms with Gasteiger partial charge in [-0.05, 0) is 0 Å². The second-order valence-electron chi connectivity index (χ2n) is 1.57. The van der Waals surface area contributed by atoms with Gasteiger partial charge in [0.15, 0.2) is 0 Å². The van der Waals surface area contributed by atoms with Crippen molar-refractivity contribution in [1.29, 1.82) is 0 Å². The zero-order chi connectivity index (χ0) is 6.95. The fourth-order valence-corrected chi connectivity index (χ4v) is 1.20. The van der Waals surface area contributed by atoms with Gasteiger partial charge in [0.2, 0.25) is 0 Å². The molecule has 0 aromatic heterocycles. The predicted octanol–water partition coefficient (Wildman–Crippen LogP) is 0.993. The van der Waals surface area contributed by atoms with Crippen molar-refractivity contribution in [2.45, 2.75) is 0 Å². The summed E-state index contributed by atoms with van der Waals surface area (Å²) in [6.45, 7) is 3.30. The summed E-state index contributed by atoms with van der Waals surface area (Å²) < 4.78 is 2.24. The molecule has 0 aromatic carbocycles. The highest BCUT2D eigenvalue weighted by Crippen LogP contribution is 1.75. The summed E-state index contributed by atoms with van der Waals surface area (Å²) in [4.78, 5) is 0. The SMILES string of the molecule is ICCNCCNCI. The molecule has 4 heteroatoms. The zero-order valence-electron chi connectivity index (χ0n) is 5.29. The molecule has 2 N–H and O–H groups in total. The van der Waals surface area contributed by atoms with E-state index in [1.807, 2.05) is 0 Å². The minimum atomic E-state index is 1.05. The van der Waals surface area contributed by atoms with Crippen LogP contribution in [0.15, 0.2) is 0 Å². The predicted molar refractivity (Wildman–Crippen MR) is 58.6 cm³/mol. The summed E-state index contributed by atoms with van der Waals surface area (Å²) >= 11 is 4.67. The van der Waals surface area contributed by atoms with E-state index in [0.29, 0.717) is 0 Å². The van der Waals surface area contributed by atoms with Gasteiger partial charge in [0.25, 0.3) is 0 Å². The topological polar surface area (TPSA) is 24.1 Å². The summed E-state index contributed by atoms with van der Waals surface area (Å²) in [6, 6.07) is 0.